The summed E-state index contributed by atoms with van der Waals surface area (Å²) in [6, 6.07) is 4.25. The van der Waals surface area contributed by atoms with Gasteiger partial charge in [0.2, 0.25) is 0 Å². The number of hydrogen-bond donors (Lipinski definition) is 0. The Morgan fingerprint density at radius 1 is 1.11 bits per heavy atom. The van der Waals surface area contributed by atoms with E-state index in [0.717, 1.165) is 0 Å². The molecular weight excluding hydrogens is 325 g/mol. The van der Waals surface area contributed by atoms with E-state index < -0.39 is 11.7 Å². The van der Waals surface area contributed by atoms with Crippen molar-refractivity contribution in [1.82, 2.24) is 0 Å². The SMILES string of the molecule is CC.COC.COc1cccc(CBr)c1C(F)(F)F. The Bertz CT molecular complexity index is 319. The van der Waals surface area contributed by atoms with Crippen LogP contribution in [0.2, 0.25) is 0 Å². The molecular formula is C13H20BrF3O2. The van der Waals surface area contributed by atoms with Gasteiger partial charge in [-0.2, -0.15) is 13.2 Å². The molecule has 0 atom stereocenters. The third kappa shape index (κ3) is 7.42. The van der Waals surface area contributed by atoms with Crippen LogP contribution in [0.15, 0.2) is 18.2 Å². The molecule has 19 heavy (non-hydrogen) atoms. The van der Waals surface area contributed by atoms with E-state index in [9.17, 15) is 13.2 Å². The summed E-state index contributed by atoms with van der Waals surface area (Å²) < 4.78 is 46.7. The van der Waals surface area contributed by atoms with Gasteiger partial charge in [0.05, 0.1) is 7.11 Å². The van der Waals surface area contributed by atoms with E-state index in [-0.39, 0.29) is 16.6 Å². The highest BCUT2D eigenvalue weighted by Crippen LogP contribution is 2.39. The highest BCUT2D eigenvalue weighted by atomic mass is 79.9. The van der Waals surface area contributed by atoms with Crippen molar-refractivity contribution >= 4 is 15.9 Å². The third-order valence-electron chi connectivity index (χ3n) is 1.76. The van der Waals surface area contributed by atoms with Crippen LogP contribution in [-0.2, 0) is 16.2 Å². The molecule has 0 radical (unpaired) electrons. The molecule has 1 aromatic carbocycles. The number of rotatable bonds is 2. The number of hydrogen-bond acceptors (Lipinski definition) is 2. The first-order chi connectivity index (χ1) is 8.92. The highest BCUT2D eigenvalue weighted by Gasteiger charge is 2.36. The van der Waals surface area contributed by atoms with Gasteiger partial charge in [-0.15, -0.1) is 0 Å². The van der Waals surface area contributed by atoms with Crippen LogP contribution in [0.1, 0.15) is 25.0 Å². The van der Waals surface area contributed by atoms with E-state index in [1.807, 2.05) is 13.8 Å². The molecule has 0 saturated carbocycles. The van der Waals surface area contributed by atoms with Gasteiger partial charge in [0.1, 0.15) is 11.3 Å². The smallest absolute Gasteiger partial charge is 0.420 e. The molecule has 0 unspecified atom stereocenters. The van der Waals surface area contributed by atoms with E-state index in [4.69, 9.17) is 0 Å². The minimum atomic E-state index is -4.38. The van der Waals surface area contributed by atoms with Crippen LogP contribution in [-0.4, -0.2) is 21.3 Å². The summed E-state index contributed by atoms with van der Waals surface area (Å²) in [7, 11) is 4.47. The van der Waals surface area contributed by atoms with Crippen LogP contribution in [0.4, 0.5) is 13.2 Å². The lowest BCUT2D eigenvalue weighted by Crippen LogP contribution is -2.10. The highest BCUT2D eigenvalue weighted by molar-refractivity contribution is 9.08. The zero-order chi connectivity index (χ0) is 15.5. The molecule has 6 heteroatoms. The van der Waals surface area contributed by atoms with Gasteiger partial charge in [0.15, 0.2) is 0 Å². The van der Waals surface area contributed by atoms with E-state index >= 15 is 0 Å². The molecule has 112 valence electrons. The number of benzene rings is 1. The first kappa shape index (κ1) is 20.6. The molecule has 0 bridgehead atoms. The quantitative estimate of drug-likeness (QED) is 0.710. The van der Waals surface area contributed by atoms with Crippen LogP contribution in [0.25, 0.3) is 0 Å². The number of ether oxygens (including phenoxy) is 2. The van der Waals surface area contributed by atoms with E-state index in [0.29, 0.717) is 0 Å². The second-order valence-corrected chi connectivity index (χ2v) is 3.59. The Hall–Kier alpha value is -0.750. The third-order valence-corrected chi connectivity index (χ3v) is 2.36. The fraction of sp³-hybridized carbons (Fsp3) is 0.538. The Labute approximate surface area is 121 Å². The molecule has 2 nitrogen and oxygen atoms in total. The molecule has 0 spiro atoms. The molecule has 1 rings (SSSR count). The molecule has 0 fully saturated rings. The van der Waals surface area contributed by atoms with Gasteiger partial charge in [-0.3, -0.25) is 0 Å². The zero-order valence-corrected chi connectivity index (χ0v) is 13.4. The molecule has 0 heterocycles. The standard InChI is InChI=1S/C9H8BrF3O.C2H6O.C2H6/c1-14-7-4-2-3-6(5-10)8(7)9(11,12)13;1-3-2;1-2/h2-4H,5H2,1H3;1-2H3;1-2H3. The first-order valence-electron chi connectivity index (χ1n) is 5.61. The molecule has 0 N–H and O–H groups in total. The molecule has 0 aliphatic rings. The fourth-order valence-electron chi connectivity index (χ4n) is 1.18. The summed E-state index contributed by atoms with van der Waals surface area (Å²) in [4.78, 5) is 0. The normalized spacial score (nSPS) is 9.74. The molecule has 0 aliphatic carbocycles. The minimum absolute atomic E-state index is 0.144. The Morgan fingerprint density at radius 3 is 1.89 bits per heavy atom. The maximum atomic E-state index is 12.6. The zero-order valence-electron chi connectivity index (χ0n) is 11.8. The average Bonchev–Trinajstić information content (AvgIpc) is 2.40. The van der Waals surface area contributed by atoms with Gasteiger partial charge in [0.25, 0.3) is 0 Å². The Balaban J connectivity index is 0. The Kier molecular flexibility index (Phi) is 12.0. The van der Waals surface area contributed by atoms with Crippen molar-refractivity contribution in [3.8, 4) is 5.75 Å². The van der Waals surface area contributed by atoms with E-state index in [1.54, 1.807) is 14.2 Å². The van der Waals surface area contributed by atoms with Crippen molar-refractivity contribution in [2.75, 3.05) is 21.3 Å². The number of methoxy groups -OCH3 is 2. The summed E-state index contributed by atoms with van der Waals surface area (Å²) in [5, 5.41) is 0.152. The molecule has 0 aromatic heterocycles. The van der Waals surface area contributed by atoms with Gasteiger partial charge < -0.3 is 9.47 Å². The predicted molar refractivity (Wildman–Crippen MR) is 74.9 cm³/mol. The van der Waals surface area contributed by atoms with Crippen LogP contribution in [0.5, 0.6) is 5.75 Å². The summed E-state index contributed by atoms with van der Waals surface area (Å²) in [5.41, 5.74) is -0.531. The largest absolute Gasteiger partial charge is 0.496 e. The lowest BCUT2D eigenvalue weighted by atomic mass is 10.1. The van der Waals surface area contributed by atoms with Crippen molar-refractivity contribution in [3.63, 3.8) is 0 Å². The van der Waals surface area contributed by atoms with Gasteiger partial charge in [-0.25, -0.2) is 0 Å². The summed E-state index contributed by atoms with van der Waals surface area (Å²) in [5.74, 6) is -0.144. The maximum absolute atomic E-state index is 12.6. The second-order valence-electron chi connectivity index (χ2n) is 3.03. The predicted octanol–water partition coefficient (Wildman–Crippen LogP) is 4.90. The van der Waals surface area contributed by atoms with E-state index in [1.165, 1.54) is 25.3 Å². The molecule has 1 aromatic rings. The van der Waals surface area contributed by atoms with Crippen molar-refractivity contribution in [1.29, 1.82) is 0 Å². The topological polar surface area (TPSA) is 18.5 Å². The van der Waals surface area contributed by atoms with Crippen molar-refractivity contribution in [3.05, 3.63) is 29.3 Å². The second kappa shape index (κ2) is 11.1. The van der Waals surface area contributed by atoms with Gasteiger partial charge in [0, 0.05) is 19.5 Å². The number of halogens is 4. The summed E-state index contributed by atoms with van der Waals surface area (Å²) in [6.45, 7) is 4.00. The van der Waals surface area contributed by atoms with Crippen molar-refractivity contribution in [2.24, 2.45) is 0 Å². The van der Waals surface area contributed by atoms with Crippen LogP contribution in [0.3, 0.4) is 0 Å². The summed E-state index contributed by atoms with van der Waals surface area (Å²) >= 11 is 3.01. The lowest BCUT2D eigenvalue weighted by molar-refractivity contribution is -0.139. The van der Waals surface area contributed by atoms with E-state index in [2.05, 4.69) is 25.4 Å². The van der Waals surface area contributed by atoms with Gasteiger partial charge in [-0.1, -0.05) is 41.9 Å². The maximum Gasteiger partial charge on any atom is 0.420 e. The lowest BCUT2D eigenvalue weighted by Gasteiger charge is -2.14. The molecule has 0 saturated heterocycles. The van der Waals surface area contributed by atoms with Crippen molar-refractivity contribution < 1.29 is 22.6 Å². The molecule has 0 aliphatic heterocycles. The summed E-state index contributed by atoms with van der Waals surface area (Å²) in [6.07, 6.45) is -4.38. The molecule has 0 amide bonds. The minimum Gasteiger partial charge on any atom is -0.496 e. The van der Waals surface area contributed by atoms with Crippen LogP contribution >= 0.6 is 15.9 Å². The van der Waals surface area contributed by atoms with Crippen LogP contribution < -0.4 is 4.74 Å². The van der Waals surface area contributed by atoms with Crippen molar-refractivity contribution in [2.45, 2.75) is 25.4 Å². The van der Waals surface area contributed by atoms with Crippen LogP contribution in [0, 0.1) is 0 Å². The fourth-order valence-corrected chi connectivity index (χ4v) is 1.65. The Morgan fingerprint density at radius 2 is 1.58 bits per heavy atom. The monoisotopic (exact) mass is 344 g/mol. The average molecular weight is 345 g/mol. The van der Waals surface area contributed by atoms with Gasteiger partial charge in [-0.05, 0) is 11.6 Å². The first-order valence-corrected chi connectivity index (χ1v) is 6.73. The van der Waals surface area contributed by atoms with Gasteiger partial charge >= 0.3 is 6.18 Å². The number of alkyl halides is 4.